The molecule has 0 saturated heterocycles. The maximum atomic E-state index is 12.3. The number of rotatable bonds is 2. The number of hydrogen-bond acceptors (Lipinski definition) is 4. The lowest BCUT2D eigenvalue weighted by molar-refractivity contribution is -0.119. The Labute approximate surface area is 110 Å². The molecule has 6 nitrogen and oxygen atoms in total. The highest BCUT2D eigenvalue weighted by Gasteiger charge is 2.25. The molecule has 2 heterocycles. The Kier molecular flexibility index (Phi) is 2.91. The second-order valence-electron chi connectivity index (χ2n) is 4.53. The molecule has 1 aliphatic heterocycles. The van der Waals surface area contributed by atoms with Crippen LogP contribution in [0.3, 0.4) is 0 Å². The van der Waals surface area contributed by atoms with Crippen molar-refractivity contribution in [1.82, 2.24) is 14.8 Å². The van der Waals surface area contributed by atoms with Crippen molar-refractivity contribution < 1.29 is 9.90 Å². The molecule has 1 N–H and O–H groups in total. The molecule has 98 valence electrons. The number of aryl methyl sites for hydroxylation is 1. The van der Waals surface area contributed by atoms with Crippen LogP contribution in [-0.4, -0.2) is 32.3 Å². The zero-order valence-corrected chi connectivity index (χ0v) is 10.4. The number of aromatic nitrogens is 3. The monoisotopic (exact) mass is 258 g/mol. The number of phenols is 1. The van der Waals surface area contributed by atoms with Crippen molar-refractivity contribution >= 4 is 11.6 Å². The van der Waals surface area contributed by atoms with Crippen LogP contribution in [0.15, 0.2) is 30.9 Å². The van der Waals surface area contributed by atoms with Crippen LogP contribution in [0, 0.1) is 0 Å². The average molecular weight is 258 g/mol. The first kappa shape index (κ1) is 11.7. The Hall–Kier alpha value is -2.37. The lowest BCUT2D eigenvalue weighted by Gasteiger charge is -2.30. The molecule has 1 aromatic heterocycles. The Morgan fingerprint density at radius 2 is 2.32 bits per heavy atom. The lowest BCUT2D eigenvalue weighted by Crippen LogP contribution is -2.37. The van der Waals surface area contributed by atoms with Gasteiger partial charge < -0.3 is 10.0 Å². The predicted molar refractivity (Wildman–Crippen MR) is 68.8 cm³/mol. The van der Waals surface area contributed by atoms with Gasteiger partial charge in [-0.15, -0.1) is 0 Å². The number of nitrogens with zero attached hydrogens (tertiary/aromatic N) is 4. The minimum absolute atomic E-state index is 0.0899. The van der Waals surface area contributed by atoms with Gasteiger partial charge in [-0.1, -0.05) is 12.1 Å². The molecule has 0 atom stereocenters. The Balaban J connectivity index is 1.89. The smallest absolute Gasteiger partial charge is 0.248 e. The van der Waals surface area contributed by atoms with E-state index in [1.165, 1.54) is 17.3 Å². The van der Waals surface area contributed by atoms with Crippen molar-refractivity contribution in [2.45, 2.75) is 19.4 Å². The number of amides is 1. The van der Waals surface area contributed by atoms with Crippen LogP contribution in [-0.2, 0) is 17.8 Å². The molecule has 6 heteroatoms. The van der Waals surface area contributed by atoms with Gasteiger partial charge in [-0.25, -0.2) is 9.67 Å². The summed E-state index contributed by atoms with van der Waals surface area (Å²) in [7, 11) is 0. The van der Waals surface area contributed by atoms with Crippen LogP contribution in [0.5, 0.6) is 5.75 Å². The molecule has 19 heavy (non-hydrogen) atoms. The first-order valence-electron chi connectivity index (χ1n) is 6.19. The molecule has 2 aromatic rings. The first-order chi connectivity index (χ1) is 9.25. The maximum Gasteiger partial charge on any atom is 0.248 e. The number of hydrogen-bond donors (Lipinski definition) is 1. The molecule has 3 rings (SSSR count). The lowest BCUT2D eigenvalue weighted by atomic mass is 10.0. The molecular weight excluding hydrogens is 244 g/mol. The standard InChI is InChI=1S/C13H14N4O2/c18-11-5-1-3-10-4-2-6-17(13(10)11)12(19)7-16-9-14-8-15-16/h1,3,5,8-9,18H,2,4,6-7H2. The third-order valence-electron chi connectivity index (χ3n) is 3.26. The van der Waals surface area contributed by atoms with Crippen molar-refractivity contribution in [1.29, 1.82) is 0 Å². The van der Waals surface area contributed by atoms with E-state index in [2.05, 4.69) is 10.1 Å². The largest absolute Gasteiger partial charge is 0.506 e. The van der Waals surface area contributed by atoms with Gasteiger partial charge in [0.15, 0.2) is 0 Å². The molecular formula is C13H14N4O2. The minimum Gasteiger partial charge on any atom is -0.506 e. The van der Waals surface area contributed by atoms with E-state index >= 15 is 0 Å². The van der Waals surface area contributed by atoms with Crippen LogP contribution in [0.4, 0.5) is 5.69 Å². The molecule has 0 spiro atoms. The van der Waals surface area contributed by atoms with Gasteiger partial charge in [-0.2, -0.15) is 5.10 Å². The van der Waals surface area contributed by atoms with Crippen LogP contribution in [0.25, 0.3) is 0 Å². The number of phenolic OH excluding ortho intramolecular Hbond substituents is 1. The summed E-state index contributed by atoms with van der Waals surface area (Å²) in [5, 5.41) is 13.9. The van der Waals surface area contributed by atoms with Gasteiger partial charge in [0.2, 0.25) is 5.91 Å². The van der Waals surface area contributed by atoms with Crippen LogP contribution in [0.2, 0.25) is 0 Å². The van der Waals surface area contributed by atoms with E-state index < -0.39 is 0 Å². The maximum absolute atomic E-state index is 12.3. The quantitative estimate of drug-likeness (QED) is 0.871. The van der Waals surface area contributed by atoms with Crippen molar-refractivity contribution in [3.63, 3.8) is 0 Å². The molecule has 1 aromatic carbocycles. The molecule has 1 amide bonds. The highest BCUT2D eigenvalue weighted by atomic mass is 16.3. The molecule has 0 unspecified atom stereocenters. The van der Waals surface area contributed by atoms with Crippen molar-refractivity contribution in [3.8, 4) is 5.75 Å². The summed E-state index contributed by atoms with van der Waals surface area (Å²) in [6.45, 7) is 0.756. The van der Waals surface area contributed by atoms with Gasteiger partial charge in [0.05, 0.1) is 5.69 Å². The molecule has 1 aliphatic rings. The van der Waals surface area contributed by atoms with Crippen LogP contribution < -0.4 is 4.90 Å². The average Bonchev–Trinajstić information content (AvgIpc) is 2.91. The summed E-state index contributed by atoms with van der Waals surface area (Å²) in [6.07, 6.45) is 4.69. The first-order valence-corrected chi connectivity index (χ1v) is 6.19. The predicted octanol–water partition coefficient (Wildman–Crippen LogP) is 0.963. The van der Waals surface area contributed by atoms with Gasteiger partial charge in [0, 0.05) is 6.54 Å². The highest BCUT2D eigenvalue weighted by Crippen LogP contribution is 2.35. The van der Waals surface area contributed by atoms with E-state index in [9.17, 15) is 9.90 Å². The summed E-state index contributed by atoms with van der Waals surface area (Å²) in [5.41, 5.74) is 1.65. The van der Waals surface area contributed by atoms with Gasteiger partial charge in [-0.05, 0) is 24.5 Å². The molecule has 0 aliphatic carbocycles. The summed E-state index contributed by atoms with van der Waals surface area (Å²) >= 11 is 0. The number of carbonyl (C=O) groups excluding carboxylic acids is 1. The van der Waals surface area contributed by atoms with Gasteiger partial charge >= 0.3 is 0 Å². The van der Waals surface area contributed by atoms with E-state index in [0.717, 1.165) is 18.4 Å². The van der Waals surface area contributed by atoms with Crippen molar-refractivity contribution in [3.05, 3.63) is 36.4 Å². The Bertz CT molecular complexity index is 595. The van der Waals surface area contributed by atoms with Crippen molar-refractivity contribution in [2.75, 3.05) is 11.4 Å². The third kappa shape index (κ3) is 2.16. The molecule has 0 radical (unpaired) electrons. The molecule has 0 fully saturated rings. The molecule has 0 saturated carbocycles. The minimum atomic E-state index is -0.0899. The number of anilines is 1. The zero-order valence-electron chi connectivity index (χ0n) is 10.4. The summed E-state index contributed by atoms with van der Waals surface area (Å²) in [4.78, 5) is 17.8. The third-order valence-corrected chi connectivity index (χ3v) is 3.26. The SMILES string of the molecule is O=C(Cn1cncn1)N1CCCc2cccc(O)c21. The van der Waals surface area contributed by atoms with E-state index in [0.29, 0.717) is 12.2 Å². The number of aromatic hydroxyl groups is 1. The fourth-order valence-corrected chi connectivity index (χ4v) is 2.42. The Morgan fingerprint density at radius 3 is 3.11 bits per heavy atom. The van der Waals surface area contributed by atoms with Crippen molar-refractivity contribution in [2.24, 2.45) is 0 Å². The number of para-hydroxylation sites is 1. The number of benzene rings is 1. The summed E-state index contributed by atoms with van der Waals surface area (Å²) < 4.78 is 1.48. The van der Waals surface area contributed by atoms with Crippen LogP contribution >= 0.6 is 0 Å². The van der Waals surface area contributed by atoms with Gasteiger partial charge in [-0.3, -0.25) is 4.79 Å². The second kappa shape index (κ2) is 4.72. The van der Waals surface area contributed by atoms with E-state index in [1.54, 1.807) is 17.0 Å². The highest BCUT2D eigenvalue weighted by molar-refractivity contribution is 5.96. The fraction of sp³-hybridized carbons (Fsp3) is 0.308. The van der Waals surface area contributed by atoms with Gasteiger partial charge in [0.1, 0.15) is 24.9 Å². The number of carbonyl (C=O) groups is 1. The van der Waals surface area contributed by atoms with E-state index in [-0.39, 0.29) is 18.2 Å². The summed E-state index contributed by atoms with van der Waals surface area (Å²) in [6, 6.07) is 5.36. The van der Waals surface area contributed by atoms with E-state index in [4.69, 9.17) is 0 Å². The summed E-state index contributed by atoms with van der Waals surface area (Å²) in [5.74, 6) is 0.0668. The zero-order chi connectivity index (χ0) is 13.2. The fourth-order valence-electron chi connectivity index (χ4n) is 2.42. The van der Waals surface area contributed by atoms with E-state index in [1.807, 2.05) is 6.07 Å². The normalized spacial score (nSPS) is 14.2. The second-order valence-corrected chi connectivity index (χ2v) is 4.53. The van der Waals surface area contributed by atoms with Gasteiger partial charge in [0.25, 0.3) is 0 Å². The Morgan fingerprint density at radius 1 is 1.42 bits per heavy atom. The molecule has 0 bridgehead atoms. The number of fused-ring (bicyclic) bond motifs is 1. The van der Waals surface area contributed by atoms with Crippen LogP contribution in [0.1, 0.15) is 12.0 Å². The topological polar surface area (TPSA) is 71.2 Å².